The number of aryl methyl sites for hydroxylation is 1. The van der Waals surface area contributed by atoms with Crippen LogP contribution < -0.4 is 0 Å². The molecule has 31 heavy (non-hydrogen) atoms. The number of hydrogen-bond acceptors (Lipinski definition) is 6. The van der Waals surface area contributed by atoms with Crippen LogP contribution in [0.4, 0.5) is 0 Å². The van der Waals surface area contributed by atoms with Crippen molar-refractivity contribution in [1.29, 1.82) is 5.26 Å². The summed E-state index contributed by atoms with van der Waals surface area (Å²) in [6.07, 6.45) is 0.334. The molecule has 2 aromatic heterocycles. The lowest BCUT2D eigenvalue weighted by atomic mass is 10.2. The highest BCUT2D eigenvalue weighted by molar-refractivity contribution is 7.20. The van der Waals surface area contributed by atoms with Crippen molar-refractivity contribution in [2.45, 2.75) is 19.9 Å². The zero-order valence-corrected chi connectivity index (χ0v) is 18.6. The monoisotopic (exact) mass is 437 g/mol. The van der Waals surface area contributed by atoms with E-state index >= 15 is 0 Å². The van der Waals surface area contributed by atoms with Gasteiger partial charge in [-0.1, -0.05) is 30.3 Å². The van der Waals surface area contributed by atoms with Gasteiger partial charge in [-0.3, -0.25) is 14.4 Å². The molecule has 4 rings (SSSR count). The maximum absolute atomic E-state index is 13.3. The second kappa shape index (κ2) is 10.1. The topological polar surface area (TPSA) is 74.4 Å². The van der Waals surface area contributed by atoms with Crippen LogP contribution in [-0.2, 0) is 11.3 Å². The van der Waals surface area contributed by atoms with E-state index in [1.54, 1.807) is 0 Å². The Hall–Kier alpha value is -2.73. The van der Waals surface area contributed by atoms with Crippen LogP contribution in [0, 0.1) is 18.3 Å². The Morgan fingerprint density at radius 3 is 2.77 bits per heavy atom. The number of thiophene rings is 1. The van der Waals surface area contributed by atoms with Crippen molar-refractivity contribution in [3.8, 4) is 6.07 Å². The molecule has 0 radical (unpaired) electrons. The maximum Gasteiger partial charge on any atom is 0.264 e. The smallest absolute Gasteiger partial charge is 0.264 e. The molecule has 0 spiro atoms. The first-order valence-corrected chi connectivity index (χ1v) is 11.4. The molecule has 1 fully saturated rings. The SMILES string of the molecule is Cc1nn(Cc2ccccc2)c2sc(C(=O)N(CCC#N)CCN3CCOCC3)cc12. The minimum absolute atomic E-state index is 0.00429. The second-order valence-electron chi connectivity index (χ2n) is 7.71. The van der Waals surface area contributed by atoms with Gasteiger partial charge in [-0.25, -0.2) is 0 Å². The largest absolute Gasteiger partial charge is 0.379 e. The first-order valence-electron chi connectivity index (χ1n) is 10.6. The molecule has 0 unspecified atom stereocenters. The van der Waals surface area contributed by atoms with E-state index in [4.69, 9.17) is 10.00 Å². The Bertz CT molecular complexity index is 1060. The van der Waals surface area contributed by atoms with E-state index in [0.29, 0.717) is 30.9 Å². The Balaban J connectivity index is 1.52. The molecule has 8 heteroatoms. The number of rotatable bonds is 8. The number of aromatic nitrogens is 2. The number of hydrogen-bond donors (Lipinski definition) is 0. The van der Waals surface area contributed by atoms with Crippen molar-refractivity contribution in [2.24, 2.45) is 0 Å². The number of nitrogens with zero attached hydrogens (tertiary/aromatic N) is 5. The summed E-state index contributed by atoms with van der Waals surface area (Å²) in [7, 11) is 0. The number of carbonyl (C=O) groups is 1. The number of carbonyl (C=O) groups excluding carboxylic acids is 1. The Morgan fingerprint density at radius 2 is 2.03 bits per heavy atom. The molecular weight excluding hydrogens is 410 g/mol. The molecule has 1 aromatic carbocycles. The molecule has 1 aliphatic rings. The fourth-order valence-corrected chi connectivity index (χ4v) is 4.95. The molecule has 1 aliphatic heterocycles. The van der Waals surface area contributed by atoms with Crippen molar-refractivity contribution in [3.63, 3.8) is 0 Å². The molecule has 3 aromatic rings. The van der Waals surface area contributed by atoms with E-state index in [2.05, 4.69) is 28.2 Å². The van der Waals surface area contributed by atoms with Gasteiger partial charge in [0.2, 0.25) is 0 Å². The van der Waals surface area contributed by atoms with Crippen LogP contribution in [0.25, 0.3) is 10.2 Å². The number of benzene rings is 1. The quantitative estimate of drug-likeness (QED) is 0.541. The third kappa shape index (κ3) is 5.13. The maximum atomic E-state index is 13.3. The van der Waals surface area contributed by atoms with Crippen molar-refractivity contribution in [2.75, 3.05) is 45.9 Å². The van der Waals surface area contributed by atoms with Gasteiger partial charge in [0.15, 0.2) is 0 Å². The third-order valence-corrected chi connectivity index (χ3v) is 6.70. The average Bonchev–Trinajstić information content (AvgIpc) is 3.36. The molecule has 0 bridgehead atoms. The van der Waals surface area contributed by atoms with Gasteiger partial charge in [-0.05, 0) is 18.6 Å². The van der Waals surface area contributed by atoms with Crippen LogP contribution in [-0.4, -0.2) is 71.4 Å². The van der Waals surface area contributed by atoms with Crippen molar-refractivity contribution in [1.82, 2.24) is 19.6 Å². The first-order chi connectivity index (χ1) is 15.2. The van der Waals surface area contributed by atoms with E-state index in [1.165, 1.54) is 16.9 Å². The van der Waals surface area contributed by atoms with Gasteiger partial charge in [0.25, 0.3) is 5.91 Å². The summed E-state index contributed by atoms with van der Waals surface area (Å²) in [6, 6.07) is 14.3. The van der Waals surface area contributed by atoms with Crippen molar-refractivity contribution >= 4 is 27.5 Å². The lowest BCUT2D eigenvalue weighted by Gasteiger charge is -2.29. The fourth-order valence-electron chi connectivity index (χ4n) is 3.82. The number of morpholine rings is 1. The van der Waals surface area contributed by atoms with E-state index in [1.807, 2.05) is 40.8 Å². The Morgan fingerprint density at radius 1 is 1.26 bits per heavy atom. The molecule has 162 valence electrons. The number of ether oxygens (including phenoxy) is 1. The summed E-state index contributed by atoms with van der Waals surface area (Å²) in [5.41, 5.74) is 2.10. The summed E-state index contributed by atoms with van der Waals surface area (Å²) in [5.74, 6) is -0.00429. The van der Waals surface area contributed by atoms with Crippen molar-refractivity contribution < 1.29 is 9.53 Å². The van der Waals surface area contributed by atoms with E-state index in [0.717, 1.165) is 48.8 Å². The van der Waals surface area contributed by atoms with Gasteiger partial charge in [0, 0.05) is 38.1 Å². The van der Waals surface area contributed by atoms with Crippen LogP contribution in [0.3, 0.4) is 0 Å². The van der Waals surface area contributed by atoms with E-state index in [-0.39, 0.29) is 5.91 Å². The normalized spacial score (nSPS) is 14.6. The number of fused-ring (bicyclic) bond motifs is 1. The molecular formula is C23H27N5O2S. The van der Waals surface area contributed by atoms with Crippen LogP contribution >= 0.6 is 11.3 Å². The Labute approximate surface area is 186 Å². The predicted octanol–water partition coefficient (Wildman–Crippen LogP) is 3.14. The lowest BCUT2D eigenvalue weighted by molar-refractivity contribution is 0.0327. The molecule has 0 saturated carbocycles. The van der Waals surface area contributed by atoms with Gasteiger partial charge in [0.05, 0.1) is 42.8 Å². The highest BCUT2D eigenvalue weighted by atomic mass is 32.1. The van der Waals surface area contributed by atoms with E-state index in [9.17, 15) is 4.79 Å². The summed E-state index contributed by atoms with van der Waals surface area (Å²) in [4.78, 5) is 19.2. The summed E-state index contributed by atoms with van der Waals surface area (Å²) in [6.45, 7) is 7.76. The van der Waals surface area contributed by atoms with Crippen LogP contribution in [0.1, 0.15) is 27.3 Å². The third-order valence-electron chi connectivity index (χ3n) is 5.56. The zero-order chi connectivity index (χ0) is 21.6. The molecule has 1 amide bonds. The van der Waals surface area contributed by atoms with Gasteiger partial charge in [-0.15, -0.1) is 11.3 Å². The summed E-state index contributed by atoms with van der Waals surface area (Å²) in [5, 5.41) is 14.8. The van der Waals surface area contributed by atoms with E-state index < -0.39 is 0 Å². The van der Waals surface area contributed by atoms with Gasteiger partial charge in [0.1, 0.15) is 4.83 Å². The van der Waals surface area contributed by atoms with Crippen LogP contribution in [0.2, 0.25) is 0 Å². The summed E-state index contributed by atoms with van der Waals surface area (Å²) >= 11 is 1.49. The molecule has 0 N–H and O–H groups in total. The van der Waals surface area contributed by atoms with Gasteiger partial charge in [-0.2, -0.15) is 10.4 Å². The lowest BCUT2D eigenvalue weighted by Crippen LogP contribution is -2.43. The molecule has 0 atom stereocenters. The highest BCUT2D eigenvalue weighted by Crippen LogP contribution is 2.29. The fraction of sp³-hybridized carbons (Fsp3) is 0.435. The van der Waals surface area contributed by atoms with Gasteiger partial charge >= 0.3 is 0 Å². The summed E-state index contributed by atoms with van der Waals surface area (Å²) < 4.78 is 7.39. The standard InChI is InChI=1S/C23H27N5O2S/c1-18-20-16-21(31-23(20)28(25-18)17-19-6-3-2-4-7-19)22(29)27(9-5-8-24)11-10-26-12-14-30-15-13-26/h2-4,6-7,16H,5,9-15,17H2,1H3. The average molecular weight is 438 g/mol. The molecule has 0 aliphatic carbocycles. The number of amides is 1. The Kier molecular flexibility index (Phi) is 6.97. The minimum Gasteiger partial charge on any atom is -0.379 e. The number of nitriles is 1. The van der Waals surface area contributed by atoms with Crippen LogP contribution in [0.15, 0.2) is 36.4 Å². The molecule has 7 nitrogen and oxygen atoms in total. The highest BCUT2D eigenvalue weighted by Gasteiger charge is 2.22. The van der Waals surface area contributed by atoms with Crippen molar-refractivity contribution in [3.05, 3.63) is 52.5 Å². The first kappa shape index (κ1) is 21.5. The zero-order valence-electron chi connectivity index (χ0n) is 17.8. The predicted molar refractivity (Wildman–Crippen MR) is 121 cm³/mol. The van der Waals surface area contributed by atoms with Crippen LogP contribution in [0.5, 0.6) is 0 Å². The second-order valence-corrected chi connectivity index (χ2v) is 8.74. The molecule has 3 heterocycles. The van der Waals surface area contributed by atoms with Gasteiger partial charge < -0.3 is 9.64 Å². The molecule has 1 saturated heterocycles. The minimum atomic E-state index is -0.00429.